The van der Waals surface area contributed by atoms with E-state index in [0.717, 1.165) is 30.8 Å². The SMILES string of the molecule is CC(C)CNC(CN)C1CCC(C)CC1. The van der Waals surface area contributed by atoms with E-state index in [0.29, 0.717) is 6.04 Å². The topological polar surface area (TPSA) is 38.0 Å². The van der Waals surface area contributed by atoms with Gasteiger partial charge >= 0.3 is 0 Å². The van der Waals surface area contributed by atoms with Crippen molar-refractivity contribution < 1.29 is 0 Å². The Hall–Kier alpha value is -0.0800. The third-order valence-electron chi connectivity index (χ3n) is 3.67. The zero-order chi connectivity index (χ0) is 11.3. The summed E-state index contributed by atoms with van der Waals surface area (Å²) in [6.45, 7) is 8.78. The van der Waals surface area contributed by atoms with Gasteiger partial charge in [-0.05, 0) is 37.1 Å². The third-order valence-corrected chi connectivity index (χ3v) is 3.67. The summed E-state index contributed by atoms with van der Waals surface area (Å²) in [6.07, 6.45) is 5.53. The number of hydrogen-bond donors (Lipinski definition) is 2. The molecule has 0 bridgehead atoms. The number of rotatable bonds is 5. The molecule has 1 rings (SSSR count). The van der Waals surface area contributed by atoms with Gasteiger partial charge in [-0.3, -0.25) is 0 Å². The Bertz CT molecular complexity index is 160. The van der Waals surface area contributed by atoms with Crippen molar-refractivity contribution in [3.8, 4) is 0 Å². The maximum Gasteiger partial charge on any atom is 0.0218 e. The predicted molar refractivity (Wildman–Crippen MR) is 66.8 cm³/mol. The van der Waals surface area contributed by atoms with Gasteiger partial charge in [0.2, 0.25) is 0 Å². The summed E-state index contributed by atoms with van der Waals surface area (Å²) in [5.41, 5.74) is 5.86. The van der Waals surface area contributed by atoms with Gasteiger partial charge in [-0.1, -0.05) is 33.6 Å². The smallest absolute Gasteiger partial charge is 0.0218 e. The molecule has 90 valence electrons. The van der Waals surface area contributed by atoms with Gasteiger partial charge in [-0.25, -0.2) is 0 Å². The van der Waals surface area contributed by atoms with Crippen molar-refractivity contribution in [1.29, 1.82) is 0 Å². The monoisotopic (exact) mass is 212 g/mol. The molecule has 0 aromatic carbocycles. The van der Waals surface area contributed by atoms with Crippen molar-refractivity contribution in [1.82, 2.24) is 5.32 Å². The number of nitrogens with one attached hydrogen (secondary N) is 1. The first-order valence-electron chi connectivity index (χ1n) is 6.57. The fraction of sp³-hybridized carbons (Fsp3) is 1.00. The van der Waals surface area contributed by atoms with Gasteiger partial charge in [0.1, 0.15) is 0 Å². The third kappa shape index (κ3) is 4.52. The van der Waals surface area contributed by atoms with Crippen molar-refractivity contribution in [2.24, 2.45) is 23.5 Å². The van der Waals surface area contributed by atoms with E-state index in [1.807, 2.05) is 0 Å². The second-order valence-electron chi connectivity index (χ2n) is 5.66. The predicted octanol–water partition coefficient (Wildman–Crippen LogP) is 2.39. The minimum atomic E-state index is 0.555. The summed E-state index contributed by atoms with van der Waals surface area (Å²) in [4.78, 5) is 0. The van der Waals surface area contributed by atoms with E-state index in [4.69, 9.17) is 5.73 Å². The second kappa shape index (κ2) is 6.49. The van der Waals surface area contributed by atoms with Gasteiger partial charge in [0.15, 0.2) is 0 Å². The molecule has 1 atom stereocenters. The van der Waals surface area contributed by atoms with Crippen LogP contribution in [0.4, 0.5) is 0 Å². The van der Waals surface area contributed by atoms with Crippen LogP contribution in [0.5, 0.6) is 0 Å². The molecule has 1 aliphatic carbocycles. The van der Waals surface area contributed by atoms with E-state index in [1.165, 1.54) is 25.7 Å². The Morgan fingerprint density at radius 2 is 1.80 bits per heavy atom. The maximum absolute atomic E-state index is 5.86. The van der Waals surface area contributed by atoms with Crippen molar-refractivity contribution in [2.45, 2.75) is 52.5 Å². The first-order valence-corrected chi connectivity index (χ1v) is 6.57. The summed E-state index contributed by atoms with van der Waals surface area (Å²) in [6, 6.07) is 0.555. The molecule has 2 heteroatoms. The molecule has 1 unspecified atom stereocenters. The number of hydrogen-bond acceptors (Lipinski definition) is 2. The molecule has 0 amide bonds. The van der Waals surface area contributed by atoms with Gasteiger partial charge in [-0.2, -0.15) is 0 Å². The van der Waals surface area contributed by atoms with E-state index < -0.39 is 0 Å². The van der Waals surface area contributed by atoms with Crippen LogP contribution in [0.3, 0.4) is 0 Å². The van der Waals surface area contributed by atoms with Gasteiger partial charge in [-0.15, -0.1) is 0 Å². The lowest BCUT2D eigenvalue weighted by atomic mass is 9.79. The summed E-state index contributed by atoms with van der Waals surface area (Å²) in [7, 11) is 0. The highest BCUT2D eigenvalue weighted by molar-refractivity contribution is 4.81. The lowest BCUT2D eigenvalue weighted by Crippen LogP contribution is -2.44. The molecule has 0 heterocycles. The van der Waals surface area contributed by atoms with Gasteiger partial charge < -0.3 is 11.1 Å². The Kier molecular flexibility index (Phi) is 5.62. The average molecular weight is 212 g/mol. The van der Waals surface area contributed by atoms with Crippen molar-refractivity contribution >= 4 is 0 Å². The molecule has 0 aliphatic heterocycles. The lowest BCUT2D eigenvalue weighted by Gasteiger charge is -2.33. The molecule has 15 heavy (non-hydrogen) atoms. The standard InChI is InChI=1S/C13H28N2/c1-10(2)9-15-13(8-14)12-6-4-11(3)5-7-12/h10-13,15H,4-9,14H2,1-3H3. The molecule has 0 radical (unpaired) electrons. The fourth-order valence-electron chi connectivity index (χ4n) is 2.52. The Morgan fingerprint density at radius 3 is 2.27 bits per heavy atom. The van der Waals surface area contributed by atoms with E-state index in [1.54, 1.807) is 0 Å². The Morgan fingerprint density at radius 1 is 1.20 bits per heavy atom. The Balaban J connectivity index is 2.31. The van der Waals surface area contributed by atoms with E-state index >= 15 is 0 Å². The molecule has 1 aliphatic rings. The summed E-state index contributed by atoms with van der Waals surface area (Å²) in [5.74, 6) is 2.48. The highest BCUT2D eigenvalue weighted by Gasteiger charge is 2.24. The van der Waals surface area contributed by atoms with Crippen LogP contribution in [0.2, 0.25) is 0 Å². The largest absolute Gasteiger partial charge is 0.329 e. The zero-order valence-electron chi connectivity index (χ0n) is 10.6. The molecule has 3 N–H and O–H groups in total. The highest BCUT2D eigenvalue weighted by Crippen LogP contribution is 2.30. The van der Waals surface area contributed by atoms with Crippen LogP contribution >= 0.6 is 0 Å². The lowest BCUT2D eigenvalue weighted by molar-refractivity contribution is 0.229. The normalized spacial score (nSPS) is 29.4. The van der Waals surface area contributed by atoms with Crippen LogP contribution in [0, 0.1) is 17.8 Å². The molecular weight excluding hydrogens is 184 g/mol. The van der Waals surface area contributed by atoms with Gasteiger partial charge in [0.25, 0.3) is 0 Å². The van der Waals surface area contributed by atoms with Crippen LogP contribution in [-0.4, -0.2) is 19.1 Å². The molecule has 0 spiro atoms. The Labute approximate surface area is 95.0 Å². The first-order chi connectivity index (χ1) is 7.13. The molecule has 1 saturated carbocycles. The molecule has 0 aromatic rings. The van der Waals surface area contributed by atoms with Gasteiger partial charge in [0.05, 0.1) is 0 Å². The van der Waals surface area contributed by atoms with Crippen molar-refractivity contribution in [3.63, 3.8) is 0 Å². The quantitative estimate of drug-likeness (QED) is 0.734. The summed E-state index contributed by atoms with van der Waals surface area (Å²) >= 11 is 0. The average Bonchev–Trinajstić information content (AvgIpc) is 2.21. The minimum Gasteiger partial charge on any atom is -0.329 e. The summed E-state index contributed by atoms with van der Waals surface area (Å²) in [5, 5.41) is 3.63. The zero-order valence-corrected chi connectivity index (χ0v) is 10.6. The first kappa shape index (κ1) is 13.0. The van der Waals surface area contributed by atoms with Crippen molar-refractivity contribution in [3.05, 3.63) is 0 Å². The molecule has 1 fully saturated rings. The highest BCUT2D eigenvalue weighted by atomic mass is 14.9. The van der Waals surface area contributed by atoms with Crippen LogP contribution in [0.1, 0.15) is 46.5 Å². The molecule has 2 nitrogen and oxygen atoms in total. The van der Waals surface area contributed by atoms with Crippen LogP contribution in [0.25, 0.3) is 0 Å². The fourth-order valence-corrected chi connectivity index (χ4v) is 2.52. The van der Waals surface area contributed by atoms with Crippen molar-refractivity contribution in [2.75, 3.05) is 13.1 Å². The van der Waals surface area contributed by atoms with E-state index in [2.05, 4.69) is 26.1 Å². The minimum absolute atomic E-state index is 0.555. The summed E-state index contributed by atoms with van der Waals surface area (Å²) < 4.78 is 0. The van der Waals surface area contributed by atoms with Crippen LogP contribution in [0.15, 0.2) is 0 Å². The van der Waals surface area contributed by atoms with Crippen LogP contribution in [-0.2, 0) is 0 Å². The second-order valence-corrected chi connectivity index (χ2v) is 5.66. The van der Waals surface area contributed by atoms with Gasteiger partial charge in [0, 0.05) is 12.6 Å². The van der Waals surface area contributed by atoms with Crippen LogP contribution < -0.4 is 11.1 Å². The van der Waals surface area contributed by atoms with E-state index in [-0.39, 0.29) is 0 Å². The van der Waals surface area contributed by atoms with E-state index in [9.17, 15) is 0 Å². The maximum atomic E-state index is 5.86. The molecule has 0 saturated heterocycles. The molecule has 0 aromatic heterocycles. The number of nitrogens with two attached hydrogens (primary N) is 1. The molecular formula is C13H28N2.